The molecule has 0 saturated carbocycles. The van der Waals surface area contributed by atoms with E-state index in [0.29, 0.717) is 41.2 Å². The van der Waals surface area contributed by atoms with E-state index in [1.165, 1.54) is 7.11 Å². The number of methoxy groups -OCH3 is 1. The van der Waals surface area contributed by atoms with Crippen molar-refractivity contribution in [1.82, 2.24) is 10.2 Å². The van der Waals surface area contributed by atoms with Gasteiger partial charge in [-0.2, -0.15) is 13.2 Å². The summed E-state index contributed by atoms with van der Waals surface area (Å²) in [5.74, 6) is -2.79. The monoisotopic (exact) mass is 612 g/mol. The zero-order valence-electron chi connectivity index (χ0n) is 23.2. The second-order valence-corrected chi connectivity index (χ2v) is 9.38. The van der Waals surface area contributed by atoms with Crippen LogP contribution in [0.3, 0.4) is 0 Å². The molecule has 2 amide bonds. The Morgan fingerprint density at radius 2 is 1.57 bits per heavy atom. The van der Waals surface area contributed by atoms with Crippen LogP contribution in [0.2, 0.25) is 0 Å². The Kier molecular flexibility index (Phi) is 9.85. The number of amides is 2. The van der Waals surface area contributed by atoms with Crippen molar-refractivity contribution in [2.45, 2.75) is 6.18 Å². The topological polar surface area (TPSA) is 146 Å². The lowest BCUT2D eigenvalue weighted by Gasteiger charge is -2.27. The van der Waals surface area contributed by atoms with Gasteiger partial charge < -0.3 is 35.4 Å². The summed E-state index contributed by atoms with van der Waals surface area (Å²) < 4.78 is 41.4. The van der Waals surface area contributed by atoms with Crippen molar-refractivity contribution in [3.63, 3.8) is 0 Å². The van der Waals surface area contributed by atoms with Gasteiger partial charge in [-0.05, 0) is 42.0 Å². The van der Waals surface area contributed by atoms with Crippen LogP contribution in [0.1, 0.15) is 21.5 Å². The zero-order chi connectivity index (χ0) is 31.9. The fourth-order valence-electron chi connectivity index (χ4n) is 4.38. The number of aliphatic carboxylic acids is 1. The van der Waals surface area contributed by atoms with Crippen LogP contribution in [-0.4, -0.2) is 73.4 Å². The molecule has 3 aromatic carbocycles. The van der Waals surface area contributed by atoms with Crippen LogP contribution in [0.15, 0.2) is 72.8 Å². The molecule has 0 bridgehead atoms. The minimum absolute atomic E-state index is 0.00348. The molecule has 0 atom stereocenters. The number of nitrogens with one attached hydrogen (secondary N) is 3. The van der Waals surface area contributed by atoms with Gasteiger partial charge in [-0.3, -0.25) is 9.59 Å². The van der Waals surface area contributed by atoms with Crippen molar-refractivity contribution in [3.8, 4) is 5.75 Å². The standard InChI is InChI=1S/C28H26N4O5.C2HF3O2/c1-36-28(35)37-21-11-12-22-23(17-21)31-26(33)24(22)25(18-5-3-2-4-6-18)30-20-9-7-19(8-10-20)27(34)32-15-13-29-14-16-32;3-2(4,5)1(6)7/h2-12,17,29-30H,13-16H2,1H3,(H,31,33);(H,6,7)/b25-24-;. The van der Waals surface area contributed by atoms with Crippen LogP contribution < -0.4 is 20.7 Å². The third kappa shape index (κ3) is 7.72. The van der Waals surface area contributed by atoms with Crippen LogP contribution in [0.25, 0.3) is 11.3 Å². The first-order valence-corrected chi connectivity index (χ1v) is 13.2. The van der Waals surface area contributed by atoms with Gasteiger partial charge in [0.1, 0.15) is 5.75 Å². The van der Waals surface area contributed by atoms with E-state index in [9.17, 15) is 27.6 Å². The fourth-order valence-corrected chi connectivity index (χ4v) is 4.38. The number of halogens is 3. The van der Waals surface area contributed by atoms with E-state index in [1.807, 2.05) is 47.4 Å². The first kappa shape index (κ1) is 31.6. The summed E-state index contributed by atoms with van der Waals surface area (Å²) in [6.07, 6.45) is -5.93. The Morgan fingerprint density at radius 1 is 0.932 bits per heavy atom. The van der Waals surface area contributed by atoms with Gasteiger partial charge in [-0.15, -0.1) is 0 Å². The van der Waals surface area contributed by atoms with E-state index >= 15 is 0 Å². The highest BCUT2D eigenvalue weighted by Crippen LogP contribution is 2.39. The van der Waals surface area contributed by atoms with Gasteiger partial charge in [0.15, 0.2) is 0 Å². The van der Waals surface area contributed by atoms with Crippen molar-refractivity contribution in [2.75, 3.05) is 43.9 Å². The molecule has 230 valence electrons. The molecule has 3 aromatic rings. The SMILES string of the molecule is COC(=O)Oc1ccc2c(c1)NC(=O)/C2=C(\Nc1ccc(C(=O)N2CCNCC2)cc1)c1ccccc1.O=C(O)C(F)(F)F. The Hall–Kier alpha value is -5.37. The van der Waals surface area contributed by atoms with E-state index in [4.69, 9.17) is 14.6 Å². The minimum atomic E-state index is -5.08. The molecule has 2 aliphatic rings. The summed E-state index contributed by atoms with van der Waals surface area (Å²) >= 11 is 0. The van der Waals surface area contributed by atoms with Crippen LogP contribution in [0, 0.1) is 0 Å². The number of anilines is 2. The first-order chi connectivity index (χ1) is 21.0. The lowest BCUT2D eigenvalue weighted by atomic mass is 10.00. The normalized spacial score (nSPS) is 15.2. The average Bonchev–Trinajstić information content (AvgIpc) is 3.35. The lowest BCUT2D eigenvalue weighted by molar-refractivity contribution is -0.192. The highest BCUT2D eigenvalue weighted by atomic mass is 19.4. The molecule has 4 N–H and O–H groups in total. The Balaban J connectivity index is 0.000000566. The van der Waals surface area contributed by atoms with Gasteiger partial charge >= 0.3 is 18.3 Å². The molecule has 1 fully saturated rings. The van der Waals surface area contributed by atoms with Crippen LogP contribution in [0.4, 0.5) is 29.3 Å². The molecular weight excluding hydrogens is 585 g/mol. The molecule has 1 saturated heterocycles. The van der Waals surface area contributed by atoms with E-state index in [0.717, 1.165) is 24.3 Å². The second-order valence-electron chi connectivity index (χ2n) is 9.38. The van der Waals surface area contributed by atoms with Gasteiger partial charge in [0.05, 0.1) is 24.1 Å². The summed E-state index contributed by atoms with van der Waals surface area (Å²) in [5.41, 5.74) is 4.41. The van der Waals surface area contributed by atoms with Crippen LogP contribution in [0.5, 0.6) is 5.75 Å². The summed E-state index contributed by atoms with van der Waals surface area (Å²) in [6, 6.07) is 21.7. The summed E-state index contributed by atoms with van der Waals surface area (Å²) in [6.45, 7) is 2.95. The van der Waals surface area contributed by atoms with Gasteiger partial charge in [0.2, 0.25) is 0 Å². The van der Waals surface area contributed by atoms with Crippen molar-refractivity contribution >= 4 is 46.6 Å². The number of alkyl halides is 3. The fraction of sp³-hybridized carbons (Fsp3) is 0.200. The number of hydrogen-bond donors (Lipinski definition) is 4. The second kappa shape index (κ2) is 13.7. The predicted octanol–water partition coefficient (Wildman–Crippen LogP) is 4.44. The van der Waals surface area contributed by atoms with Crippen molar-refractivity contribution < 1.29 is 46.9 Å². The highest BCUT2D eigenvalue weighted by molar-refractivity contribution is 6.37. The number of carboxylic acid groups (broad SMARTS) is 1. The molecule has 5 rings (SSSR count). The highest BCUT2D eigenvalue weighted by Gasteiger charge is 2.38. The number of nitrogens with zero attached hydrogens (tertiary/aromatic N) is 1. The first-order valence-electron chi connectivity index (χ1n) is 13.2. The van der Waals surface area contributed by atoms with Crippen molar-refractivity contribution in [3.05, 3.63) is 89.5 Å². The third-order valence-electron chi connectivity index (χ3n) is 6.46. The van der Waals surface area contributed by atoms with Gasteiger partial charge in [-0.1, -0.05) is 30.3 Å². The van der Waals surface area contributed by atoms with Gasteiger partial charge in [-0.25, -0.2) is 9.59 Å². The molecule has 11 nitrogen and oxygen atoms in total. The molecule has 44 heavy (non-hydrogen) atoms. The Morgan fingerprint density at radius 3 is 2.16 bits per heavy atom. The van der Waals surface area contributed by atoms with Gasteiger partial charge in [0.25, 0.3) is 11.8 Å². The number of fused-ring (bicyclic) bond motifs is 1. The maximum atomic E-state index is 13.1. The number of ether oxygens (including phenoxy) is 2. The summed E-state index contributed by atoms with van der Waals surface area (Å²) in [5, 5.41) is 16.6. The van der Waals surface area contributed by atoms with E-state index < -0.39 is 18.3 Å². The zero-order valence-corrected chi connectivity index (χ0v) is 23.2. The summed E-state index contributed by atoms with van der Waals surface area (Å²) in [4.78, 5) is 48.2. The maximum Gasteiger partial charge on any atom is 0.513 e. The lowest BCUT2D eigenvalue weighted by Crippen LogP contribution is -2.46. The Labute approximate surface area is 249 Å². The van der Waals surface area contributed by atoms with Gasteiger partial charge in [0, 0.05) is 49.1 Å². The number of piperazine rings is 1. The predicted molar refractivity (Wildman–Crippen MR) is 154 cm³/mol. The van der Waals surface area contributed by atoms with E-state index in [2.05, 4.69) is 20.7 Å². The largest absolute Gasteiger partial charge is 0.513 e. The molecule has 2 aliphatic heterocycles. The van der Waals surface area contributed by atoms with Crippen LogP contribution >= 0.6 is 0 Å². The van der Waals surface area contributed by atoms with E-state index in [-0.39, 0.29) is 17.6 Å². The number of hydrogen-bond acceptors (Lipinski definition) is 8. The molecule has 0 unspecified atom stereocenters. The van der Waals surface area contributed by atoms with E-state index in [1.54, 1.807) is 30.3 Å². The third-order valence-corrected chi connectivity index (χ3v) is 6.46. The summed E-state index contributed by atoms with van der Waals surface area (Å²) in [7, 11) is 1.23. The number of carbonyl (C=O) groups is 4. The number of carbonyl (C=O) groups excluding carboxylic acids is 3. The average molecular weight is 613 g/mol. The molecule has 14 heteroatoms. The molecule has 0 aliphatic carbocycles. The number of benzene rings is 3. The molecule has 2 heterocycles. The molecule has 0 radical (unpaired) electrons. The molecular formula is C30H27F3N4O7. The van der Waals surface area contributed by atoms with Crippen molar-refractivity contribution in [2.24, 2.45) is 0 Å². The smallest absolute Gasteiger partial charge is 0.475 e. The molecule has 0 aromatic heterocycles. The minimum Gasteiger partial charge on any atom is -0.475 e. The number of rotatable bonds is 5. The van der Waals surface area contributed by atoms with Crippen molar-refractivity contribution in [1.29, 1.82) is 0 Å². The number of carboxylic acids is 1. The quantitative estimate of drug-likeness (QED) is 0.187. The molecule has 0 spiro atoms. The van der Waals surface area contributed by atoms with Crippen LogP contribution in [-0.2, 0) is 14.3 Å². The Bertz CT molecular complexity index is 1570. The maximum absolute atomic E-state index is 13.1.